The zero-order chi connectivity index (χ0) is 26.9. The molecule has 4 rings (SSSR count). The molecule has 0 radical (unpaired) electrons. The lowest BCUT2D eigenvalue weighted by Crippen LogP contribution is -2.34. The number of rotatable bonds is 11. The van der Waals surface area contributed by atoms with Crippen molar-refractivity contribution in [3.63, 3.8) is 0 Å². The van der Waals surface area contributed by atoms with Crippen LogP contribution in [0.4, 0.5) is 4.79 Å². The summed E-state index contributed by atoms with van der Waals surface area (Å²) in [6, 6.07) is 13.3. The van der Waals surface area contributed by atoms with Gasteiger partial charge in [0.15, 0.2) is 0 Å². The minimum atomic E-state index is -0.973. The second-order valence-corrected chi connectivity index (χ2v) is 10.2. The molecule has 0 spiro atoms. The van der Waals surface area contributed by atoms with Crippen molar-refractivity contribution >= 4 is 22.9 Å². The molecule has 0 aliphatic heterocycles. The van der Waals surface area contributed by atoms with E-state index >= 15 is 0 Å². The lowest BCUT2D eigenvalue weighted by molar-refractivity contribution is 0.0942. The maximum atomic E-state index is 13.3. The van der Waals surface area contributed by atoms with Gasteiger partial charge in [-0.05, 0) is 76.2 Å². The highest BCUT2D eigenvalue weighted by molar-refractivity contribution is 6.07. The highest BCUT2D eigenvalue weighted by Gasteiger charge is 2.23. The fourth-order valence-electron chi connectivity index (χ4n) is 4.89. The number of pyridine rings is 2. The maximum Gasteiger partial charge on any atom is 0.404 e. The zero-order valence-electron chi connectivity index (χ0n) is 22.2. The molecule has 0 unspecified atom stereocenters. The summed E-state index contributed by atoms with van der Waals surface area (Å²) in [6.45, 7) is 2.66. The molecule has 1 fully saturated rings. The first kappa shape index (κ1) is 27.3. The van der Waals surface area contributed by atoms with Gasteiger partial charge in [0.25, 0.3) is 5.91 Å². The largest absolute Gasteiger partial charge is 0.478 e. The summed E-state index contributed by atoms with van der Waals surface area (Å²) < 4.78 is 5.75. The van der Waals surface area contributed by atoms with Gasteiger partial charge in [0.05, 0.1) is 23.4 Å². The third kappa shape index (κ3) is 7.64. The van der Waals surface area contributed by atoms with Gasteiger partial charge in [0.2, 0.25) is 5.88 Å². The molecule has 0 atom stereocenters. The predicted octanol–water partition coefficient (Wildman–Crippen LogP) is 4.43. The van der Waals surface area contributed by atoms with Crippen molar-refractivity contribution in [1.82, 2.24) is 25.5 Å². The van der Waals surface area contributed by atoms with Gasteiger partial charge >= 0.3 is 6.09 Å². The van der Waals surface area contributed by atoms with E-state index in [0.29, 0.717) is 48.7 Å². The number of para-hydroxylation sites is 1. The quantitative estimate of drug-likeness (QED) is 0.321. The number of carboxylic acid groups (broad SMARTS) is 1. The van der Waals surface area contributed by atoms with E-state index in [-0.39, 0.29) is 5.91 Å². The second-order valence-electron chi connectivity index (χ2n) is 10.2. The van der Waals surface area contributed by atoms with Crippen molar-refractivity contribution in [1.29, 1.82) is 0 Å². The Bertz CT molecular complexity index is 1220. The molecule has 0 bridgehead atoms. The fourth-order valence-corrected chi connectivity index (χ4v) is 4.89. The molecule has 1 saturated carbocycles. The van der Waals surface area contributed by atoms with E-state index in [0.717, 1.165) is 55.1 Å². The highest BCUT2D eigenvalue weighted by Crippen LogP contribution is 2.29. The number of nitrogens with zero attached hydrogens (tertiary/aromatic N) is 3. The molecule has 2 heterocycles. The first-order valence-corrected chi connectivity index (χ1v) is 13.3. The van der Waals surface area contributed by atoms with Crippen LogP contribution in [0.25, 0.3) is 22.2 Å². The summed E-state index contributed by atoms with van der Waals surface area (Å²) in [5.41, 5.74) is 2.85. The number of hydrogen-bond acceptors (Lipinski definition) is 6. The molecular weight excluding hydrogens is 482 g/mol. The Morgan fingerprint density at radius 2 is 1.74 bits per heavy atom. The van der Waals surface area contributed by atoms with Crippen molar-refractivity contribution in [2.24, 2.45) is 11.8 Å². The molecule has 1 aliphatic carbocycles. The standard InChI is InChI=1S/C29H37N5O4/c1-34(2)14-5-15-38-27-13-12-22(19-30-27)26-16-24(23-6-3-4-7-25(23)33-26)28(35)31-17-20-8-10-21(11-9-20)18-32-29(36)37/h3-4,6-7,12-13,16,19-21,32H,5,8-11,14-15,17-18H2,1-2H3,(H,31,35)(H,36,37)/t20-,21-. The summed E-state index contributed by atoms with van der Waals surface area (Å²) in [7, 11) is 4.07. The minimum Gasteiger partial charge on any atom is -0.478 e. The molecule has 0 saturated heterocycles. The number of hydrogen-bond donors (Lipinski definition) is 3. The molecule has 3 aromatic rings. The Kier molecular flexibility index (Phi) is 9.48. The number of nitrogens with one attached hydrogen (secondary N) is 2. The molecule has 9 nitrogen and oxygen atoms in total. The van der Waals surface area contributed by atoms with Crippen LogP contribution < -0.4 is 15.4 Å². The second kappa shape index (κ2) is 13.2. The Morgan fingerprint density at radius 1 is 1.03 bits per heavy atom. The van der Waals surface area contributed by atoms with E-state index in [2.05, 4.69) is 20.5 Å². The molecule has 2 aromatic heterocycles. The fraction of sp³-hybridized carbons (Fsp3) is 0.448. The molecule has 3 N–H and O–H groups in total. The minimum absolute atomic E-state index is 0.117. The summed E-state index contributed by atoms with van der Waals surface area (Å²) >= 11 is 0. The van der Waals surface area contributed by atoms with Gasteiger partial charge in [-0.25, -0.2) is 14.8 Å². The predicted molar refractivity (Wildman–Crippen MR) is 147 cm³/mol. The molecular formula is C29H37N5O4. The van der Waals surface area contributed by atoms with Gasteiger partial charge < -0.3 is 25.4 Å². The molecule has 2 amide bonds. The lowest BCUT2D eigenvalue weighted by atomic mass is 9.82. The molecule has 202 valence electrons. The van der Waals surface area contributed by atoms with Crippen molar-refractivity contribution in [2.45, 2.75) is 32.1 Å². The normalized spacial score (nSPS) is 17.3. The number of carbonyl (C=O) groups is 2. The Hall–Kier alpha value is -3.72. The summed E-state index contributed by atoms with van der Waals surface area (Å²) in [4.78, 5) is 35.4. The third-order valence-electron chi connectivity index (χ3n) is 7.05. The summed E-state index contributed by atoms with van der Waals surface area (Å²) in [5, 5.41) is 15.2. The van der Waals surface area contributed by atoms with E-state index in [4.69, 9.17) is 14.8 Å². The van der Waals surface area contributed by atoms with Crippen LogP contribution in [0.2, 0.25) is 0 Å². The van der Waals surface area contributed by atoms with Crippen LogP contribution in [0.5, 0.6) is 5.88 Å². The van der Waals surface area contributed by atoms with Gasteiger partial charge in [-0.3, -0.25) is 4.79 Å². The van der Waals surface area contributed by atoms with Crippen LogP contribution in [0.3, 0.4) is 0 Å². The van der Waals surface area contributed by atoms with E-state index < -0.39 is 6.09 Å². The van der Waals surface area contributed by atoms with E-state index in [1.807, 2.05) is 56.6 Å². The average molecular weight is 520 g/mol. The topological polar surface area (TPSA) is 117 Å². The van der Waals surface area contributed by atoms with Gasteiger partial charge in [0.1, 0.15) is 0 Å². The Labute approximate surface area is 223 Å². The van der Waals surface area contributed by atoms with Crippen LogP contribution in [0.15, 0.2) is 48.7 Å². The maximum absolute atomic E-state index is 13.3. The van der Waals surface area contributed by atoms with Crippen LogP contribution in [-0.4, -0.2) is 72.3 Å². The number of aromatic nitrogens is 2. The summed E-state index contributed by atoms with van der Waals surface area (Å²) in [6.07, 6.45) is 5.56. The van der Waals surface area contributed by atoms with Gasteiger partial charge in [-0.2, -0.15) is 0 Å². The zero-order valence-corrected chi connectivity index (χ0v) is 22.2. The van der Waals surface area contributed by atoms with E-state index in [9.17, 15) is 9.59 Å². The summed E-state index contributed by atoms with van der Waals surface area (Å²) in [5.74, 6) is 1.21. The lowest BCUT2D eigenvalue weighted by Gasteiger charge is -2.28. The van der Waals surface area contributed by atoms with Crippen molar-refractivity contribution in [3.05, 3.63) is 54.2 Å². The number of ether oxygens (including phenoxy) is 1. The Balaban J connectivity index is 1.40. The van der Waals surface area contributed by atoms with E-state index in [1.165, 1.54) is 0 Å². The highest BCUT2D eigenvalue weighted by atomic mass is 16.5. The SMILES string of the molecule is CN(C)CCCOc1ccc(-c2cc(C(=O)NC[C@H]3CC[C@H](CNC(=O)O)CC3)c3ccccc3n2)cn1. The van der Waals surface area contributed by atoms with Crippen molar-refractivity contribution in [3.8, 4) is 17.1 Å². The van der Waals surface area contributed by atoms with E-state index in [1.54, 1.807) is 6.20 Å². The first-order valence-electron chi connectivity index (χ1n) is 13.3. The third-order valence-corrected chi connectivity index (χ3v) is 7.05. The number of fused-ring (bicyclic) bond motifs is 1. The van der Waals surface area contributed by atoms with Crippen molar-refractivity contribution < 1.29 is 19.4 Å². The van der Waals surface area contributed by atoms with Gasteiger partial charge in [-0.1, -0.05) is 18.2 Å². The molecule has 1 aromatic carbocycles. The molecule has 38 heavy (non-hydrogen) atoms. The van der Waals surface area contributed by atoms with Gasteiger partial charge in [0, 0.05) is 42.8 Å². The Morgan fingerprint density at radius 3 is 2.39 bits per heavy atom. The first-order chi connectivity index (χ1) is 18.4. The van der Waals surface area contributed by atoms with Crippen LogP contribution in [0, 0.1) is 11.8 Å². The van der Waals surface area contributed by atoms with Gasteiger partial charge in [-0.15, -0.1) is 0 Å². The number of benzene rings is 1. The number of amides is 2. The van der Waals surface area contributed by atoms with Crippen LogP contribution in [-0.2, 0) is 0 Å². The van der Waals surface area contributed by atoms with Crippen LogP contribution >= 0.6 is 0 Å². The van der Waals surface area contributed by atoms with Crippen LogP contribution in [0.1, 0.15) is 42.5 Å². The smallest absolute Gasteiger partial charge is 0.404 e. The molecule has 1 aliphatic rings. The monoisotopic (exact) mass is 519 g/mol. The number of carbonyl (C=O) groups excluding carboxylic acids is 1. The molecule has 9 heteroatoms. The van der Waals surface area contributed by atoms with Crippen molar-refractivity contribution in [2.75, 3.05) is 40.3 Å². The average Bonchev–Trinajstić information content (AvgIpc) is 2.93.